The summed E-state index contributed by atoms with van der Waals surface area (Å²) in [6.45, 7) is 15.5. The summed E-state index contributed by atoms with van der Waals surface area (Å²) in [5, 5.41) is 42.7. The smallest absolute Gasteiger partial charge is 0.192 e. The van der Waals surface area contributed by atoms with Crippen LogP contribution in [0.1, 0.15) is 92.4 Å². The van der Waals surface area contributed by atoms with E-state index in [1.54, 1.807) is 6.92 Å². The molecule has 0 heterocycles. The Bertz CT molecular complexity index is 729. The largest absolute Gasteiger partial charge is 0.414 e. The van der Waals surface area contributed by atoms with Gasteiger partial charge in [-0.15, -0.1) is 0 Å². The fraction of sp³-hybridized carbons (Fsp3) is 0.933. The van der Waals surface area contributed by atoms with Gasteiger partial charge in [-0.1, -0.05) is 52.7 Å². The van der Waals surface area contributed by atoms with Crippen LogP contribution in [0.5, 0.6) is 0 Å². The van der Waals surface area contributed by atoms with E-state index in [1.165, 1.54) is 0 Å². The van der Waals surface area contributed by atoms with E-state index in [9.17, 15) is 20.4 Å². The van der Waals surface area contributed by atoms with Crippen LogP contribution in [0.15, 0.2) is 12.2 Å². The number of aliphatic hydroxyl groups is 4. The van der Waals surface area contributed by atoms with Crippen LogP contribution in [0.3, 0.4) is 0 Å². The van der Waals surface area contributed by atoms with E-state index in [2.05, 4.69) is 46.0 Å². The molecule has 210 valence electrons. The highest BCUT2D eigenvalue weighted by atomic mass is 28.4. The third-order valence-electron chi connectivity index (χ3n) is 10.5. The van der Waals surface area contributed by atoms with Gasteiger partial charge >= 0.3 is 0 Å². The Hall–Kier alpha value is -0.243. The molecule has 2 fully saturated rings. The molecule has 3 rings (SSSR count). The van der Waals surface area contributed by atoms with Crippen molar-refractivity contribution in [3.63, 3.8) is 0 Å². The normalized spacial score (nSPS) is 35.8. The summed E-state index contributed by atoms with van der Waals surface area (Å²) in [5.74, 6) is 2.14. The van der Waals surface area contributed by atoms with Gasteiger partial charge in [0, 0.05) is 12.7 Å². The lowest BCUT2D eigenvalue weighted by atomic mass is 9.71. The molecule has 10 atom stereocenters. The van der Waals surface area contributed by atoms with Gasteiger partial charge in [-0.2, -0.15) is 0 Å². The molecule has 6 heteroatoms. The van der Waals surface area contributed by atoms with Crippen molar-refractivity contribution in [2.45, 2.75) is 134 Å². The van der Waals surface area contributed by atoms with Gasteiger partial charge in [-0.05, 0) is 106 Å². The summed E-state index contributed by atoms with van der Waals surface area (Å²) >= 11 is 0. The summed E-state index contributed by atoms with van der Waals surface area (Å²) in [6.07, 6.45) is 11.5. The molecule has 0 saturated heterocycles. The van der Waals surface area contributed by atoms with Crippen LogP contribution >= 0.6 is 0 Å². The summed E-state index contributed by atoms with van der Waals surface area (Å²) in [4.78, 5) is 0. The molecule has 0 aromatic carbocycles. The van der Waals surface area contributed by atoms with E-state index < -0.39 is 20.0 Å². The van der Waals surface area contributed by atoms with Gasteiger partial charge in [0.05, 0.1) is 17.8 Å². The molecule has 2 saturated carbocycles. The summed E-state index contributed by atoms with van der Waals surface area (Å²) in [6, 6.07) is 0. The second-order valence-corrected chi connectivity index (χ2v) is 18.9. The third-order valence-corrected chi connectivity index (χ3v) is 15.1. The van der Waals surface area contributed by atoms with E-state index in [1.807, 2.05) is 6.92 Å². The van der Waals surface area contributed by atoms with Gasteiger partial charge in [0.1, 0.15) is 0 Å². The average Bonchev–Trinajstić information content (AvgIpc) is 3.36. The van der Waals surface area contributed by atoms with Crippen LogP contribution < -0.4 is 0 Å². The maximum Gasteiger partial charge on any atom is 0.192 e. The molecular weight excluding hydrogens is 468 g/mol. The van der Waals surface area contributed by atoms with E-state index in [0.717, 1.165) is 44.9 Å². The van der Waals surface area contributed by atoms with Crippen molar-refractivity contribution in [3.05, 3.63) is 12.2 Å². The minimum absolute atomic E-state index is 0.00728. The molecule has 4 N–H and O–H groups in total. The van der Waals surface area contributed by atoms with Gasteiger partial charge in [-0.3, -0.25) is 0 Å². The molecule has 0 aromatic rings. The highest BCUT2D eigenvalue weighted by Crippen LogP contribution is 2.58. The number of fused-ring (bicyclic) bond motifs is 3. The fourth-order valence-corrected chi connectivity index (χ4v) is 8.70. The first-order valence-electron chi connectivity index (χ1n) is 14.8. The number of hydrogen-bond donors (Lipinski definition) is 4. The van der Waals surface area contributed by atoms with Crippen LogP contribution in [-0.2, 0) is 4.43 Å². The zero-order chi connectivity index (χ0) is 26.9. The monoisotopic (exact) mass is 524 g/mol. The molecule has 0 unspecified atom stereocenters. The van der Waals surface area contributed by atoms with Gasteiger partial charge in [0.2, 0.25) is 0 Å². The minimum atomic E-state index is -1.82. The van der Waals surface area contributed by atoms with Crippen LogP contribution in [0.2, 0.25) is 18.1 Å². The fourth-order valence-electron chi connectivity index (χ4n) is 7.32. The topological polar surface area (TPSA) is 90.2 Å². The van der Waals surface area contributed by atoms with Crippen molar-refractivity contribution in [1.29, 1.82) is 0 Å². The number of unbranched alkanes of at least 4 members (excludes halogenated alkanes) is 1. The van der Waals surface area contributed by atoms with Crippen molar-refractivity contribution in [2.75, 3.05) is 6.61 Å². The molecular formula is C30H56O5Si. The van der Waals surface area contributed by atoms with Crippen LogP contribution in [-0.4, -0.2) is 59.3 Å². The van der Waals surface area contributed by atoms with Crippen molar-refractivity contribution in [3.8, 4) is 0 Å². The predicted molar refractivity (Wildman–Crippen MR) is 149 cm³/mol. The Balaban J connectivity index is 1.68. The van der Waals surface area contributed by atoms with E-state index >= 15 is 0 Å². The van der Waals surface area contributed by atoms with Crippen molar-refractivity contribution in [1.82, 2.24) is 0 Å². The van der Waals surface area contributed by atoms with Crippen LogP contribution in [0, 0.1) is 35.5 Å². The van der Waals surface area contributed by atoms with Gasteiger partial charge in [0.25, 0.3) is 0 Å². The van der Waals surface area contributed by atoms with Gasteiger partial charge < -0.3 is 24.9 Å². The van der Waals surface area contributed by atoms with Crippen LogP contribution in [0.25, 0.3) is 0 Å². The summed E-state index contributed by atoms with van der Waals surface area (Å²) in [5.41, 5.74) is -1.16. The molecule has 3 aliphatic rings. The Labute approximate surface area is 221 Å². The zero-order valence-corrected chi connectivity index (χ0v) is 25.1. The number of aliphatic hydroxyl groups excluding tert-OH is 3. The zero-order valence-electron chi connectivity index (χ0n) is 24.1. The predicted octanol–water partition coefficient (Wildman–Crippen LogP) is 5.67. The van der Waals surface area contributed by atoms with Gasteiger partial charge in [-0.25, -0.2) is 0 Å². The first kappa shape index (κ1) is 30.3. The standard InChI is InChI=1S/C30H56O5Si/c1-8-21(32)11-9-10-15-30(5,34)28(33)27-19-26-23(24(27)14-16-31)13-12-20-17-22(18-25(20)26)35-36(6,7)29(2,3)4/h12-13,20-28,31-34H,8-11,14-19H2,1-7H3/t20-,21+,22-,23+,24+,25-,26-,27-,28-,30+/m1/s1. The Morgan fingerprint density at radius 1 is 1.00 bits per heavy atom. The van der Waals surface area contributed by atoms with Gasteiger partial charge in [0.15, 0.2) is 8.32 Å². The Kier molecular flexibility index (Phi) is 9.99. The molecule has 5 nitrogen and oxygen atoms in total. The molecule has 0 radical (unpaired) electrons. The number of allylic oxidation sites excluding steroid dienone is 2. The SMILES string of the molecule is CC[C@H](O)CCCC[C@](C)(O)[C@H](O)[C@@H]1C[C@@H]2[C@@H](C=C[C@@H]3C[C@@H](O[Si](C)(C)C(C)(C)C)C[C@@H]23)[C@@H]1CCO. The van der Waals surface area contributed by atoms with E-state index in [-0.39, 0.29) is 29.6 Å². The lowest BCUT2D eigenvalue weighted by Crippen LogP contribution is -2.45. The highest BCUT2D eigenvalue weighted by molar-refractivity contribution is 6.74. The molecule has 3 aliphatic carbocycles. The third kappa shape index (κ3) is 6.66. The maximum absolute atomic E-state index is 11.5. The Morgan fingerprint density at radius 2 is 1.69 bits per heavy atom. The summed E-state index contributed by atoms with van der Waals surface area (Å²) < 4.78 is 6.84. The van der Waals surface area contributed by atoms with E-state index in [0.29, 0.717) is 42.6 Å². The second kappa shape index (κ2) is 11.9. The Morgan fingerprint density at radius 3 is 2.31 bits per heavy atom. The molecule has 0 amide bonds. The lowest BCUT2D eigenvalue weighted by molar-refractivity contribution is -0.104. The minimum Gasteiger partial charge on any atom is -0.414 e. The molecule has 0 aromatic heterocycles. The van der Waals surface area contributed by atoms with Crippen molar-refractivity contribution in [2.24, 2.45) is 35.5 Å². The number of rotatable bonds is 12. The maximum atomic E-state index is 11.5. The highest BCUT2D eigenvalue weighted by Gasteiger charge is 2.55. The van der Waals surface area contributed by atoms with Crippen molar-refractivity contribution >= 4 is 8.32 Å². The first-order valence-corrected chi connectivity index (χ1v) is 17.7. The lowest BCUT2D eigenvalue weighted by Gasteiger charge is -2.38. The first-order chi connectivity index (χ1) is 16.7. The van der Waals surface area contributed by atoms with Crippen LogP contribution in [0.4, 0.5) is 0 Å². The molecule has 0 bridgehead atoms. The molecule has 0 aliphatic heterocycles. The van der Waals surface area contributed by atoms with Crippen molar-refractivity contribution < 1.29 is 24.9 Å². The van der Waals surface area contributed by atoms with E-state index in [4.69, 9.17) is 4.43 Å². The average molecular weight is 525 g/mol. The quantitative estimate of drug-likeness (QED) is 0.150. The number of hydrogen-bond acceptors (Lipinski definition) is 5. The second-order valence-electron chi connectivity index (χ2n) is 14.1. The molecule has 36 heavy (non-hydrogen) atoms. The summed E-state index contributed by atoms with van der Waals surface area (Å²) in [7, 11) is -1.82. The molecule has 0 spiro atoms.